The second-order valence-electron chi connectivity index (χ2n) is 11.2. The number of aryl methyl sites for hydroxylation is 1. The van der Waals surface area contributed by atoms with Crippen LogP contribution in [0.4, 0.5) is 5.69 Å². The summed E-state index contributed by atoms with van der Waals surface area (Å²) in [7, 11) is 3.80. The molecule has 3 aromatic rings. The van der Waals surface area contributed by atoms with Crippen LogP contribution in [-0.2, 0) is 33.8 Å². The lowest BCUT2D eigenvalue weighted by Crippen LogP contribution is -2.44. The van der Waals surface area contributed by atoms with Crippen molar-refractivity contribution in [2.24, 2.45) is 5.41 Å². The number of Topliss-reactive ketones (excluding diaryl/α,β-unsaturated/α-hetero) is 1. The third-order valence-corrected chi connectivity index (χ3v) is 6.93. The number of hydrogen-bond donors (Lipinski definition) is 4. The molecule has 0 aliphatic heterocycles. The molecule has 0 spiro atoms. The predicted molar refractivity (Wildman–Crippen MR) is 160 cm³/mol. The van der Waals surface area contributed by atoms with E-state index in [-0.39, 0.29) is 18.8 Å². The molecule has 13 heteroatoms. The van der Waals surface area contributed by atoms with Crippen molar-refractivity contribution < 1.29 is 29.0 Å². The fraction of sp³-hybridized carbons (Fsp3) is 0.467. The van der Waals surface area contributed by atoms with Crippen molar-refractivity contribution in [2.45, 2.75) is 58.6 Å². The van der Waals surface area contributed by atoms with Gasteiger partial charge in [-0.1, -0.05) is 19.1 Å². The topological polar surface area (TPSA) is 180 Å². The van der Waals surface area contributed by atoms with Crippen LogP contribution in [0.1, 0.15) is 44.4 Å². The Balaban J connectivity index is 1.36. The molecule has 4 N–H and O–H groups in total. The first-order valence-electron chi connectivity index (χ1n) is 14.1. The van der Waals surface area contributed by atoms with Crippen LogP contribution in [0, 0.1) is 5.41 Å². The molecular weight excluding hydrogens is 556 g/mol. The lowest BCUT2D eigenvalue weighted by atomic mass is 9.87. The number of aliphatic hydroxyl groups excluding tert-OH is 2. The van der Waals surface area contributed by atoms with Crippen LogP contribution in [0.5, 0.6) is 0 Å². The van der Waals surface area contributed by atoms with E-state index in [0.29, 0.717) is 49.2 Å². The van der Waals surface area contributed by atoms with Crippen LogP contribution in [0.3, 0.4) is 0 Å². The fourth-order valence-electron chi connectivity index (χ4n) is 4.19. The summed E-state index contributed by atoms with van der Waals surface area (Å²) >= 11 is 0. The van der Waals surface area contributed by atoms with Gasteiger partial charge >= 0.3 is 5.63 Å². The minimum atomic E-state index is -1.43. The number of carbonyl (C=O) groups is 3. The van der Waals surface area contributed by atoms with Gasteiger partial charge in [0.2, 0.25) is 5.91 Å². The number of anilines is 1. The van der Waals surface area contributed by atoms with Gasteiger partial charge in [0, 0.05) is 93.5 Å². The molecule has 0 fully saturated rings. The molecule has 0 saturated heterocycles. The number of aromatic nitrogens is 3. The maximum Gasteiger partial charge on any atom is 0.336 e. The summed E-state index contributed by atoms with van der Waals surface area (Å²) < 4.78 is 7.03. The number of aliphatic hydroxyl groups is 2. The van der Waals surface area contributed by atoms with E-state index in [2.05, 4.69) is 20.9 Å². The van der Waals surface area contributed by atoms with Crippen LogP contribution < -0.4 is 21.2 Å². The number of benzene rings is 1. The minimum Gasteiger partial charge on any atom is -0.423 e. The summed E-state index contributed by atoms with van der Waals surface area (Å²) in [6.07, 6.45) is 4.98. The maximum absolute atomic E-state index is 12.7. The van der Waals surface area contributed by atoms with Crippen molar-refractivity contribution in [3.8, 4) is 0 Å². The van der Waals surface area contributed by atoms with Crippen molar-refractivity contribution in [3.05, 3.63) is 64.4 Å². The molecule has 0 aliphatic carbocycles. The number of hydrogen-bond acceptors (Lipinski definition) is 10. The van der Waals surface area contributed by atoms with Gasteiger partial charge in [0.25, 0.3) is 5.91 Å². The number of carbonyl (C=O) groups excluding carboxylic acids is 3. The molecule has 0 aliphatic rings. The van der Waals surface area contributed by atoms with Gasteiger partial charge in [-0.25, -0.2) is 4.79 Å². The Bertz CT molecular complexity index is 1510. The molecule has 0 saturated carbocycles. The van der Waals surface area contributed by atoms with Gasteiger partial charge in [0.1, 0.15) is 17.5 Å². The number of nitrogens with one attached hydrogen (secondary N) is 2. The Labute approximate surface area is 249 Å². The van der Waals surface area contributed by atoms with Crippen molar-refractivity contribution >= 4 is 34.3 Å². The molecule has 2 amide bonds. The standard InChI is InChI=1S/C30H40N6O7/c1-30(2,19-37)28(41)29(42)32-13-11-26(39)31-12-10-21-18-36(34-33-21)14-6-5-7-23(38)15-20-16-27(40)43-25-17-22(35(3)4)8-9-24(20)25/h8-9,11,13,16-18,28,37,41H,5-7,10,12,14-15,19H2,1-4H3,(H,31,39)(H,32,42)/b13-11+/t28-/m0/s1. The second kappa shape index (κ2) is 15.2. The van der Waals surface area contributed by atoms with Crippen LogP contribution in [0.25, 0.3) is 11.0 Å². The van der Waals surface area contributed by atoms with Gasteiger partial charge < -0.3 is 30.2 Å². The Morgan fingerprint density at radius 3 is 2.67 bits per heavy atom. The highest BCUT2D eigenvalue weighted by Gasteiger charge is 2.32. The zero-order chi connectivity index (χ0) is 31.6. The second-order valence-corrected chi connectivity index (χ2v) is 11.2. The third kappa shape index (κ3) is 9.86. The lowest BCUT2D eigenvalue weighted by molar-refractivity contribution is -0.136. The van der Waals surface area contributed by atoms with Crippen LogP contribution >= 0.6 is 0 Å². The Kier molecular flexibility index (Phi) is 11.7. The fourth-order valence-corrected chi connectivity index (χ4v) is 4.19. The lowest BCUT2D eigenvalue weighted by Gasteiger charge is -2.26. The predicted octanol–water partition coefficient (Wildman–Crippen LogP) is 1.10. The number of rotatable bonds is 16. The van der Waals surface area contributed by atoms with Crippen LogP contribution in [-0.4, -0.2) is 76.2 Å². The number of nitrogens with zero attached hydrogens (tertiary/aromatic N) is 4. The number of fused-ring (bicyclic) bond motifs is 1. The molecule has 1 aromatic carbocycles. The molecular formula is C30H40N6O7. The van der Waals surface area contributed by atoms with E-state index in [0.717, 1.165) is 29.8 Å². The zero-order valence-corrected chi connectivity index (χ0v) is 25.0. The zero-order valence-electron chi connectivity index (χ0n) is 25.0. The monoisotopic (exact) mass is 596 g/mol. The highest BCUT2D eigenvalue weighted by atomic mass is 16.4. The van der Waals surface area contributed by atoms with Crippen LogP contribution in [0.2, 0.25) is 0 Å². The highest BCUT2D eigenvalue weighted by molar-refractivity contribution is 5.90. The summed E-state index contributed by atoms with van der Waals surface area (Å²) in [5.74, 6) is -1.12. The van der Waals surface area contributed by atoms with E-state index < -0.39 is 29.0 Å². The molecule has 13 nitrogen and oxygen atoms in total. The summed E-state index contributed by atoms with van der Waals surface area (Å²) in [4.78, 5) is 50.5. The number of unbranched alkanes of at least 4 members (excludes halogenated alkanes) is 1. The largest absolute Gasteiger partial charge is 0.423 e. The first-order valence-corrected chi connectivity index (χ1v) is 14.1. The van der Waals surface area contributed by atoms with E-state index in [9.17, 15) is 29.4 Å². The molecule has 43 heavy (non-hydrogen) atoms. The maximum atomic E-state index is 12.7. The Morgan fingerprint density at radius 2 is 1.95 bits per heavy atom. The molecule has 0 bridgehead atoms. The minimum absolute atomic E-state index is 0.0393. The van der Waals surface area contributed by atoms with Crippen molar-refractivity contribution in [1.29, 1.82) is 0 Å². The van der Waals surface area contributed by atoms with Crippen molar-refractivity contribution in [3.63, 3.8) is 0 Å². The smallest absolute Gasteiger partial charge is 0.336 e. The average Bonchev–Trinajstić information content (AvgIpc) is 3.41. The normalized spacial score (nSPS) is 12.4. The van der Waals surface area contributed by atoms with Crippen molar-refractivity contribution in [2.75, 3.05) is 32.1 Å². The van der Waals surface area contributed by atoms with E-state index in [4.69, 9.17) is 4.42 Å². The van der Waals surface area contributed by atoms with Crippen LogP contribution in [0.15, 0.2) is 51.9 Å². The van der Waals surface area contributed by atoms with Gasteiger partial charge in [0.05, 0.1) is 12.3 Å². The quantitative estimate of drug-likeness (QED) is 0.106. The van der Waals surface area contributed by atoms with E-state index >= 15 is 0 Å². The molecule has 2 aromatic heterocycles. The summed E-state index contributed by atoms with van der Waals surface area (Å²) in [6, 6.07) is 6.97. The molecule has 3 rings (SSSR count). The van der Waals surface area contributed by atoms with E-state index in [1.165, 1.54) is 6.07 Å². The average molecular weight is 597 g/mol. The summed E-state index contributed by atoms with van der Waals surface area (Å²) in [5, 5.41) is 33.1. The van der Waals surface area contributed by atoms with Gasteiger partial charge in [-0.2, -0.15) is 0 Å². The molecule has 1 atom stereocenters. The highest BCUT2D eigenvalue weighted by Crippen LogP contribution is 2.23. The third-order valence-electron chi connectivity index (χ3n) is 6.93. The van der Waals surface area contributed by atoms with Gasteiger partial charge in [-0.3, -0.25) is 19.1 Å². The first-order chi connectivity index (χ1) is 20.4. The number of amides is 2. The Morgan fingerprint density at radius 1 is 1.19 bits per heavy atom. The molecule has 0 radical (unpaired) electrons. The Hall–Kier alpha value is -4.36. The number of ketones is 1. The van der Waals surface area contributed by atoms with E-state index in [1.807, 2.05) is 31.1 Å². The summed E-state index contributed by atoms with van der Waals surface area (Å²) in [5.41, 5.74) is 1.23. The molecule has 232 valence electrons. The molecule has 0 unspecified atom stereocenters. The van der Waals surface area contributed by atoms with Gasteiger partial charge in [-0.05, 0) is 30.5 Å². The van der Waals surface area contributed by atoms with E-state index in [1.54, 1.807) is 30.8 Å². The molecule has 2 heterocycles. The first kappa shape index (κ1) is 33.1. The SMILES string of the molecule is CN(C)c1ccc2c(CC(=O)CCCCn3cc(CCNC(=O)/C=C/NC(=O)[C@H](O)C(C)(C)CO)nn3)cc(=O)oc2c1. The van der Waals surface area contributed by atoms with Gasteiger partial charge in [0.15, 0.2) is 0 Å². The van der Waals surface area contributed by atoms with Crippen molar-refractivity contribution in [1.82, 2.24) is 25.6 Å². The van der Waals surface area contributed by atoms with Gasteiger partial charge in [-0.15, -0.1) is 5.10 Å². The summed E-state index contributed by atoms with van der Waals surface area (Å²) in [6.45, 7) is 3.60.